The number of sulfone groups is 1. The first kappa shape index (κ1) is 14.5. The summed E-state index contributed by atoms with van der Waals surface area (Å²) in [6.45, 7) is 4.18. The molecule has 114 valence electrons. The smallest absolute Gasteiger partial charge is 0.175 e. The molecule has 1 N–H and O–H groups in total. The summed E-state index contributed by atoms with van der Waals surface area (Å²) < 4.78 is 25.5. The van der Waals surface area contributed by atoms with E-state index in [1.165, 1.54) is 6.26 Å². The maximum atomic E-state index is 11.7. The van der Waals surface area contributed by atoms with Crippen LogP contribution in [0, 0.1) is 0 Å². The van der Waals surface area contributed by atoms with Crippen LogP contribution in [-0.2, 0) is 22.3 Å². The second-order valence-electron chi connectivity index (χ2n) is 6.26. The van der Waals surface area contributed by atoms with Crippen molar-refractivity contribution in [3.8, 4) is 0 Å². The van der Waals surface area contributed by atoms with Gasteiger partial charge in [-0.15, -0.1) is 0 Å². The quantitative estimate of drug-likeness (QED) is 0.915. The lowest BCUT2D eigenvalue weighted by molar-refractivity contribution is 0.318. The van der Waals surface area contributed by atoms with Gasteiger partial charge in [-0.05, 0) is 37.6 Å². The van der Waals surface area contributed by atoms with Crippen molar-refractivity contribution in [1.82, 2.24) is 14.9 Å². The van der Waals surface area contributed by atoms with E-state index in [9.17, 15) is 8.42 Å². The molecule has 2 aromatic rings. The van der Waals surface area contributed by atoms with Crippen molar-refractivity contribution in [2.24, 2.45) is 7.05 Å². The van der Waals surface area contributed by atoms with Gasteiger partial charge in [0.2, 0.25) is 0 Å². The average molecular weight is 307 g/mol. The zero-order valence-electron chi connectivity index (χ0n) is 12.7. The first-order chi connectivity index (χ1) is 9.81. The molecule has 21 heavy (non-hydrogen) atoms. The number of hydrogen-bond donors (Lipinski definition) is 1. The van der Waals surface area contributed by atoms with Crippen LogP contribution in [-0.4, -0.2) is 37.3 Å². The predicted octanol–water partition coefficient (Wildman–Crippen LogP) is 1.62. The molecule has 1 saturated heterocycles. The Balaban J connectivity index is 2.15. The molecule has 1 fully saturated rings. The molecule has 0 amide bonds. The maximum absolute atomic E-state index is 11.7. The molecular weight excluding hydrogens is 286 g/mol. The van der Waals surface area contributed by atoms with E-state index in [1.54, 1.807) is 12.1 Å². The molecule has 0 spiro atoms. The fraction of sp³-hybridized carbons (Fsp3) is 0.533. The molecule has 6 heteroatoms. The summed E-state index contributed by atoms with van der Waals surface area (Å²) in [5.41, 5.74) is 1.73. The highest BCUT2D eigenvalue weighted by Crippen LogP contribution is 2.32. The van der Waals surface area contributed by atoms with Crippen molar-refractivity contribution in [3.05, 3.63) is 24.0 Å². The minimum atomic E-state index is -3.20. The molecule has 1 aliphatic heterocycles. The zero-order chi connectivity index (χ0) is 15.3. The molecule has 1 unspecified atom stereocenters. The van der Waals surface area contributed by atoms with Crippen LogP contribution in [0.5, 0.6) is 0 Å². The predicted molar refractivity (Wildman–Crippen MR) is 83.3 cm³/mol. The van der Waals surface area contributed by atoms with Crippen LogP contribution in [0.3, 0.4) is 0 Å². The summed E-state index contributed by atoms with van der Waals surface area (Å²) in [5, 5.41) is 3.43. The van der Waals surface area contributed by atoms with Gasteiger partial charge in [-0.3, -0.25) is 0 Å². The van der Waals surface area contributed by atoms with Gasteiger partial charge in [0.05, 0.1) is 15.9 Å². The van der Waals surface area contributed by atoms with Crippen molar-refractivity contribution in [2.45, 2.75) is 30.1 Å². The van der Waals surface area contributed by atoms with E-state index in [1.807, 2.05) is 13.1 Å². The number of piperidine rings is 1. The number of hydrogen-bond acceptors (Lipinski definition) is 4. The standard InChI is InChI=1S/C15H21N3O2S/c1-15(7-4-8-16-10-15)14-17-12-9-11(21(3,19)20)5-6-13(12)18(14)2/h5-6,9,16H,4,7-8,10H2,1-3H3. The average Bonchev–Trinajstić information content (AvgIpc) is 2.76. The fourth-order valence-corrected chi connectivity index (χ4v) is 3.84. The van der Waals surface area contributed by atoms with Gasteiger partial charge in [-0.1, -0.05) is 6.92 Å². The Morgan fingerprint density at radius 1 is 1.38 bits per heavy atom. The molecule has 1 aromatic carbocycles. The van der Waals surface area contributed by atoms with E-state index in [-0.39, 0.29) is 5.41 Å². The van der Waals surface area contributed by atoms with Crippen LogP contribution in [0.2, 0.25) is 0 Å². The second-order valence-corrected chi connectivity index (χ2v) is 8.27. The largest absolute Gasteiger partial charge is 0.331 e. The molecule has 1 aliphatic rings. The highest BCUT2D eigenvalue weighted by molar-refractivity contribution is 7.90. The normalized spacial score (nSPS) is 23.6. The molecule has 1 atom stereocenters. The van der Waals surface area contributed by atoms with E-state index in [0.29, 0.717) is 4.90 Å². The number of nitrogens with zero attached hydrogens (tertiary/aromatic N) is 2. The van der Waals surface area contributed by atoms with Crippen LogP contribution >= 0.6 is 0 Å². The van der Waals surface area contributed by atoms with E-state index in [0.717, 1.165) is 42.8 Å². The number of rotatable bonds is 2. The van der Waals surface area contributed by atoms with Crippen molar-refractivity contribution in [1.29, 1.82) is 0 Å². The van der Waals surface area contributed by atoms with Gasteiger partial charge < -0.3 is 9.88 Å². The van der Waals surface area contributed by atoms with E-state index >= 15 is 0 Å². The van der Waals surface area contributed by atoms with Gasteiger partial charge in [-0.25, -0.2) is 13.4 Å². The third-order valence-corrected chi connectivity index (χ3v) is 5.53. The summed E-state index contributed by atoms with van der Waals surface area (Å²) in [5.74, 6) is 1.02. The van der Waals surface area contributed by atoms with E-state index in [4.69, 9.17) is 4.98 Å². The highest BCUT2D eigenvalue weighted by Gasteiger charge is 2.33. The molecule has 1 aromatic heterocycles. The van der Waals surface area contributed by atoms with Crippen molar-refractivity contribution in [3.63, 3.8) is 0 Å². The summed E-state index contributed by atoms with van der Waals surface area (Å²) in [4.78, 5) is 5.07. The topological polar surface area (TPSA) is 64.0 Å². The van der Waals surface area contributed by atoms with Gasteiger partial charge in [-0.2, -0.15) is 0 Å². The van der Waals surface area contributed by atoms with Gasteiger partial charge in [0, 0.05) is 25.3 Å². The van der Waals surface area contributed by atoms with Crippen LogP contribution in [0.4, 0.5) is 0 Å². The molecule has 2 heterocycles. The Morgan fingerprint density at radius 2 is 2.14 bits per heavy atom. The van der Waals surface area contributed by atoms with Gasteiger partial charge in [0.15, 0.2) is 9.84 Å². The Labute approximate surface area is 125 Å². The third kappa shape index (κ3) is 2.46. The lowest BCUT2D eigenvalue weighted by Crippen LogP contribution is -2.42. The first-order valence-corrected chi connectivity index (χ1v) is 9.08. The lowest BCUT2D eigenvalue weighted by atomic mass is 9.82. The SMILES string of the molecule is Cn1c(C2(C)CCCNC2)nc2cc(S(C)(=O)=O)ccc21. The van der Waals surface area contributed by atoms with Crippen molar-refractivity contribution >= 4 is 20.9 Å². The van der Waals surface area contributed by atoms with Crippen molar-refractivity contribution < 1.29 is 8.42 Å². The third-order valence-electron chi connectivity index (χ3n) is 4.42. The molecular formula is C15H21N3O2S. The molecule has 0 aliphatic carbocycles. The second kappa shape index (κ2) is 4.81. The van der Waals surface area contributed by atoms with Gasteiger partial charge in [0.25, 0.3) is 0 Å². The maximum Gasteiger partial charge on any atom is 0.175 e. The summed E-state index contributed by atoms with van der Waals surface area (Å²) in [6.07, 6.45) is 3.45. The molecule has 0 saturated carbocycles. The van der Waals surface area contributed by atoms with E-state index < -0.39 is 9.84 Å². The number of aromatic nitrogens is 2. The number of fused-ring (bicyclic) bond motifs is 1. The Morgan fingerprint density at radius 3 is 2.76 bits per heavy atom. The Hall–Kier alpha value is -1.40. The monoisotopic (exact) mass is 307 g/mol. The minimum Gasteiger partial charge on any atom is -0.331 e. The molecule has 3 rings (SSSR count). The fourth-order valence-electron chi connectivity index (χ4n) is 3.20. The number of imidazole rings is 1. The molecule has 0 bridgehead atoms. The number of aryl methyl sites for hydroxylation is 1. The van der Waals surface area contributed by atoms with Crippen LogP contribution in [0.15, 0.2) is 23.1 Å². The summed E-state index contributed by atoms with van der Waals surface area (Å²) >= 11 is 0. The van der Waals surface area contributed by atoms with Crippen molar-refractivity contribution in [2.75, 3.05) is 19.3 Å². The van der Waals surface area contributed by atoms with Gasteiger partial charge in [0.1, 0.15) is 5.82 Å². The molecule has 0 radical (unpaired) electrons. The lowest BCUT2D eigenvalue weighted by Gasteiger charge is -2.33. The minimum absolute atomic E-state index is 0.00271. The van der Waals surface area contributed by atoms with E-state index in [2.05, 4.69) is 16.8 Å². The molecule has 5 nitrogen and oxygen atoms in total. The number of nitrogens with one attached hydrogen (secondary N) is 1. The summed E-state index contributed by atoms with van der Waals surface area (Å²) in [7, 11) is -1.19. The highest BCUT2D eigenvalue weighted by atomic mass is 32.2. The Bertz CT molecular complexity index is 787. The van der Waals surface area contributed by atoms with Crippen LogP contribution in [0.1, 0.15) is 25.6 Å². The summed E-state index contributed by atoms with van der Waals surface area (Å²) in [6, 6.07) is 5.18. The Kier molecular flexibility index (Phi) is 3.33. The number of benzene rings is 1. The van der Waals surface area contributed by atoms with Gasteiger partial charge >= 0.3 is 0 Å². The first-order valence-electron chi connectivity index (χ1n) is 7.19. The van der Waals surface area contributed by atoms with Crippen LogP contribution < -0.4 is 5.32 Å². The van der Waals surface area contributed by atoms with Crippen LogP contribution in [0.25, 0.3) is 11.0 Å². The zero-order valence-corrected chi connectivity index (χ0v) is 13.5.